The minimum Gasteiger partial charge on any atom is -0.448 e. The number of rotatable bonds is 6. The fourth-order valence-corrected chi connectivity index (χ4v) is 4.50. The second-order valence-electron chi connectivity index (χ2n) is 7.37. The van der Waals surface area contributed by atoms with Crippen LogP contribution >= 0.6 is 11.3 Å². The molecule has 0 saturated heterocycles. The van der Waals surface area contributed by atoms with E-state index in [0.717, 1.165) is 25.7 Å². The van der Waals surface area contributed by atoms with Gasteiger partial charge in [-0.25, -0.2) is 4.79 Å². The zero-order valence-electron chi connectivity index (χ0n) is 16.9. The Labute approximate surface area is 174 Å². The Balaban J connectivity index is 1.56. The van der Waals surface area contributed by atoms with Gasteiger partial charge in [-0.05, 0) is 68.0 Å². The number of nitrogens with one attached hydrogen (secondary N) is 2. The van der Waals surface area contributed by atoms with E-state index in [1.165, 1.54) is 28.7 Å². The van der Waals surface area contributed by atoms with Crippen molar-refractivity contribution in [1.82, 2.24) is 0 Å². The Morgan fingerprint density at radius 1 is 1.17 bits per heavy atom. The van der Waals surface area contributed by atoms with E-state index in [4.69, 9.17) is 4.74 Å². The number of hydrogen-bond acceptors (Lipinski definition) is 5. The molecule has 1 aromatic carbocycles. The Kier molecular flexibility index (Phi) is 6.69. The van der Waals surface area contributed by atoms with E-state index in [9.17, 15) is 14.4 Å². The molecule has 1 aliphatic carbocycles. The van der Waals surface area contributed by atoms with Crippen LogP contribution in [0.3, 0.4) is 0 Å². The lowest BCUT2D eigenvalue weighted by atomic mass is 9.87. The van der Waals surface area contributed by atoms with Crippen LogP contribution in [-0.2, 0) is 27.2 Å². The average molecular weight is 415 g/mol. The molecular formula is C22H26N2O4S. The van der Waals surface area contributed by atoms with Gasteiger partial charge in [-0.3, -0.25) is 9.59 Å². The van der Waals surface area contributed by atoms with Crippen molar-refractivity contribution in [2.45, 2.75) is 52.6 Å². The molecule has 6 nitrogen and oxygen atoms in total. The van der Waals surface area contributed by atoms with Crippen LogP contribution < -0.4 is 10.6 Å². The van der Waals surface area contributed by atoms with Crippen LogP contribution in [0.2, 0.25) is 0 Å². The lowest BCUT2D eigenvalue weighted by Gasteiger charge is -2.19. The summed E-state index contributed by atoms with van der Waals surface area (Å²) in [7, 11) is 0. The van der Waals surface area contributed by atoms with Gasteiger partial charge in [0.1, 0.15) is 4.88 Å². The number of aryl methyl sites for hydroxylation is 1. The lowest BCUT2D eigenvalue weighted by molar-refractivity contribution is -0.123. The van der Waals surface area contributed by atoms with Gasteiger partial charge in [-0.15, -0.1) is 11.3 Å². The van der Waals surface area contributed by atoms with Gasteiger partial charge in [0.25, 0.3) is 5.91 Å². The number of carbonyl (C=O) groups is 3. The third-order valence-electron chi connectivity index (χ3n) is 5.09. The molecule has 2 atom stereocenters. The number of carbonyl (C=O) groups excluding carboxylic acids is 3. The van der Waals surface area contributed by atoms with Crippen LogP contribution in [0.1, 0.15) is 53.7 Å². The van der Waals surface area contributed by atoms with Crippen molar-refractivity contribution in [1.29, 1.82) is 0 Å². The van der Waals surface area contributed by atoms with Crippen LogP contribution in [0.25, 0.3) is 0 Å². The molecule has 3 rings (SSSR count). The molecule has 1 aromatic heterocycles. The number of thiophene rings is 1. The Hall–Kier alpha value is -2.67. The maximum absolute atomic E-state index is 12.5. The standard InChI is InChI=1S/C22H26N2O4S/c1-4-15-5-10-19-16(11-15)12-20(29-19)22(27)28-13(2)21(26)24-18-8-6-17(7-9-18)23-14(3)25/h6-9,12-13,15H,4-5,10-11H2,1-3H3,(H,23,25)(H,24,26)/t13-,15+/m0/s1. The molecule has 0 fully saturated rings. The first-order valence-corrected chi connectivity index (χ1v) is 10.7. The quantitative estimate of drug-likeness (QED) is 0.686. The second kappa shape index (κ2) is 9.22. The summed E-state index contributed by atoms with van der Waals surface area (Å²) in [5.74, 6) is -0.343. The van der Waals surface area contributed by atoms with Crippen molar-refractivity contribution in [3.63, 3.8) is 0 Å². The fraction of sp³-hybridized carbons (Fsp3) is 0.409. The normalized spacial score (nSPS) is 16.4. The predicted molar refractivity (Wildman–Crippen MR) is 114 cm³/mol. The maximum Gasteiger partial charge on any atom is 0.349 e. The van der Waals surface area contributed by atoms with Crippen LogP contribution in [-0.4, -0.2) is 23.9 Å². The molecule has 1 heterocycles. The highest BCUT2D eigenvalue weighted by Gasteiger charge is 2.25. The minimum atomic E-state index is -0.917. The molecule has 2 aromatic rings. The van der Waals surface area contributed by atoms with Gasteiger partial charge in [0, 0.05) is 23.2 Å². The molecule has 2 N–H and O–H groups in total. The zero-order valence-corrected chi connectivity index (χ0v) is 17.7. The summed E-state index contributed by atoms with van der Waals surface area (Å²) in [6, 6.07) is 8.65. The number of esters is 1. The Bertz CT molecular complexity index is 904. The topological polar surface area (TPSA) is 84.5 Å². The first-order chi connectivity index (χ1) is 13.9. The molecule has 0 unspecified atom stereocenters. The van der Waals surface area contributed by atoms with E-state index in [-0.39, 0.29) is 5.91 Å². The number of hydrogen-bond donors (Lipinski definition) is 2. The second-order valence-corrected chi connectivity index (χ2v) is 8.51. The molecule has 7 heteroatoms. The molecule has 0 saturated carbocycles. The molecule has 0 bridgehead atoms. The molecule has 29 heavy (non-hydrogen) atoms. The van der Waals surface area contributed by atoms with Crippen molar-refractivity contribution >= 4 is 40.5 Å². The van der Waals surface area contributed by atoms with E-state index >= 15 is 0 Å². The van der Waals surface area contributed by atoms with E-state index in [1.54, 1.807) is 31.2 Å². The van der Waals surface area contributed by atoms with Gasteiger partial charge in [-0.1, -0.05) is 13.3 Å². The summed E-state index contributed by atoms with van der Waals surface area (Å²) in [5.41, 5.74) is 2.45. The van der Waals surface area contributed by atoms with Crippen LogP contribution in [0.4, 0.5) is 11.4 Å². The van der Waals surface area contributed by atoms with Gasteiger partial charge in [-0.2, -0.15) is 0 Å². The third-order valence-corrected chi connectivity index (χ3v) is 6.31. The Morgan fingerprint density at radius 3 is 2.45 bits per heavy atom. The number of amides is 2. The molecule has 0 aliphatic heterocycles. The first kappa shape index (κ1) is 21.0. The van der Waals surface area contributed by atoms with Gasteiger partial charge in [0.2, 0.25) is 5.91 Å². The lowest BCUT2D eigenvalue weighted by Crippen LogP contribution is -2.29. The summed E-state index contributed by atoms with van der Waals surface area (Å²) < 4.78 is 5.38. The highest BCUT2D eigenvalue weighted by molar-refractivity contribution is 7.14. The zero-order chi connectivity index (χ0) is 21.0. The van der Waals surface area contributed by atoms with Gasteiger partial charge in [0.05, 0.1) is 0 Å². The highest BCUT2D eigenvalue weighted by atomic mass is 32.1. The largest absolute Gasteiger partial charge is 0.448 e. The number of ether oxygens (including phenoxy) is 1. The summed E-state index contributed by atoms with van der Waals surface area (Å²) >= 11 is 1.48. The van der Waals surface area contributed by atoms with Crippen molar-refractivity contribution in [2.24, 2.45) is 5.92 Å². The van der Waals surface area contributed by atoms with Gasteiger partial charge < -0.3 is 15.4 Å². The van der Waals surface area contributed by atoms with E-state index in [0.29, 0.717) is 22.2 Å². The van der Waals surface area contributed by atoms with Crippen LogP contribution in [0.5, 0.6) is 0 Å². The first-order valence-electron chi connectivity index (χ1n) is 9.86. The SMILES string of the molecule is CC[C@@H]1CCc2sc(C(=O)O[C@@H](C)C(=O)Nc3ccc(NC(C)=O)cc3)cc2C1. The molecule has 154 valence electrons. The summed E-state index contributed by atoms with van der Waals surface area (Å²) in [6.07, 6.45) is 3.42. The molecule has 0 radical (unpaired) electrons. The Morgan fingerprint density at radius 2 is 1.83 bits per heavy atom. The molecule has 0 spiro atoms. The van der Waals surface area contributed by atoms with Crippen molar-refractivity contribution in [3.05, 3.63) is 45.6 Å². The van der Waals surface area contributed by atoms with E-state index in [2.05, 4.69) is 17.6 Å². The van der Waals surface area contributed by atoms with E-state index < -0.39 is 18.0 Å². The van der Waals surface area contributed by atoms with Gasteiger partial charge in [0.15, 0.2) is 6.10 Å². The monoisotopic (exact) mass is 414 g/mol. The van der Waals surface area contributed by atoms with Crippen molar-refractivity contribution < 1.29 is 19.1 Å². The molecule has 1 aliphatic rings. The minimum absolute atomic E-state index is 0.164. The summed E-state index contributed by atoms with van der Waals surface area (Å²) in [5, 5.41) is 5.38. The summed E-state index contributed by atoms with van der Waals surface area (Å²) in [4.78, 5) is 37.7. The van der Waals surface area contributed by atoms with Crippen LogP contribution in [0, 0.1) is 5.92 Å². The predicted octanol–water partition coefficient (Wildman–Crippen LogP) is 4.41. The fourth-order valence-electron chi connectivity index (χ4n) is 3.40. The number of fused-ring (bicyclic) bond motifs is 1. The van der Waals surface area contributed by atoms with E-state index in [1.807, 2.05) is 6.07 Å². The maximum atomic E-state index is 12.5. The smallest absolute Gasteiger partial charge is 0.349 e. The van der Waals surface area contributed by atoms with Gasteiger partial charge >= 0.3 is 5.97 Å². The number of benzene rings is 1. The summed E-state index contributed by atoms with van der Waals surface area (Å²) in [6.45, 7) is 5.18. The molecular weight excluding hydrogens is 388 g/mol. The average Bonchev–Trinajstić information content (AvgIpc) is 3.12. The number of anilines is 2. The van der Waals surface area contributed by atoms with Crippen molar-refractivity contribution in [2.75, 3.05) is 10.6 Å². The third kappa shape index (κ3) is 5.44. The highest BCUT2D eigenvalue weighted by Crippen LogP contribution is 2.34. The van der Waals surface area contributed by atoms with Crippen molar-refractivity contribution in [3.8, 4) is 0 Å². The molecule has 2 amide bonds. The van der Waals surface area contributed by atoms with Crippen LogP contribution in [0.15, 0.2) is 30.3 Å².